The van der Waals surface area contributed by atoms with Crippen molar-refractivity contribution in [2.45, 2.75) is 20.4 Å². The van der Waals surface area contributed by atoms with Crippen LogP contribution >= 0.6 is 0 Å². The number of H-pyrrole nitrogens is 1. The summed E-state index contributed by atoms with van der Waals surface area (Å²) < 4.78 is 2.27. The maximum atomic E-state index is 3.92. The van der Waals surface area contributed by atoms with Crippen LogP contribution in [0.15, 0.2) is 24.5 Å². The number of hydrogen-bond acceptors (Lipinski definition) is 1. The zero-order valence-electron chi connectivity index (χ0n) is 7.91. The van der Waals surface area contributed by atoms with Crippen LogP contribution in [0, 0.1) is 13.8 Å². The van der Waals surface area contributed by atoms with Gasteiger partial charge in [-0.25, -0.2) is 0 Å². The van der Waals surface area contributed by atoms with Crippen molar-refractivity contribution in [3.63, 3.8) is 0 Å². The van der Waals surface area contributed by atoms with Crippen molar-refractivity contribution in [2.75, 3.05) is 0 Å². The summed E-state index contributed by atoms with van der Waals surface area (Å²) >= 11 is 0. The fourth-order valence-electron chi connectivity index (χ4n) is 1.50. The van der Waals surface area contributed by atoms with Gasteiger partial charge in [-0.15, -0.1) is 0 Å². The summed E-state index contributed by atoms with van der Waals surface area (Å²) in [6.07, 6.45) is 3.79. The second kappa shape index (κ2) is 3.09. The number of nitrogens with one attached hydrogen (secondary N) is 1. The van der Waals surface area contributed by atoms with Gasteiger partial charge in [0.05, 0.1) is 12.7 Å². The highest BCUT2D eigenvalue weighted by Gasteiger charge is 2.01. The van der Waals surface area contributed by atoms with E-state index in [1.165, 1.54) is 17.0 Å². The fourth-order valence-corrected chi connectivity index (χ4v) is 1.50. The predicted molar refractivity (Wildman–Crippen MR) is 51.6 cm³/mol. The van der Waals surface area contributed by atoms with Crippen LogP contribution in [0.3, 0.4) is 0 Å². The molecule has 0 unspecified atom stereocenters. The molecular formula is C10H13N3. The van der Waals surface area contributed by atoms with Gasteiger partial charge in [-0.3, -0.25) is 5.10 Å². The summed E-state index contributed by atoms with van der Waals surface area (Å²) in [6.45, 7) is 5.14. The second-order valence-electron chi connectivity index (χ2n) is 3.31. The van der Waals surface area contributed by atoms with Gasteiger partial charge in [0.1, 0.15) is 0 Å². The molecule has 0 atom stereocenters. The Morgan fingerprint density at radius 2 is 2.00 bits per heavy atom. The Labute approximate surface area is 77.4 Å². The summed E-state index contributed by atoms with van der Waals surface area (Å²) in [7, 11) is 0. The molecular weight excluding hydrogens is 162 g/mol. The lowest BCUT2D eigenvalue weighted by Crippen LogP contribution is -2.02. The number of rotatable bonds is 2. The quantitative estimate of drug-likeness (QED) is 0.742. The molecule has 3 heteroatoms. The van der Waals surface area contributed by atoms with E-state index in [0.717, 1.165) is 6.54 Å². The van der Waals surface area contributed by atoms with Gasteiger partial charge in [0.15, 0.2) is 0 Å². The van der Waals surface area contributed by atoms with Crippen molar-refractivity contribution in [1.29, 1.82) is 0 Å². The average molecular weight is 175 g/mol. The van der Waals surface area contributed by atoms with Gasteiger partial charge in [-0.2, -0.15) is 5.10 Å². The summed E-state index contributed by atoms with van der Waals surface area (Å²) in [5.74, 6) is 0. The number of nitrogens with zero attached hydrogens (tertiary/aromatic N) is 2. The lowest BCUT2D eigenvalue weighted by molar-refractivity contribution is 0.750. The first-order valence-corrected chi connectivity index (χ1v) is 4.38. The SMILES string of the molecule is Cc1ccc(C)n1Cc1cn[nH]c1. The third kappa shape index (κ3) is 1.49. The third-order valence-corrected chi connectivity index (χ3v) is 2.31. The van der Waals surface area contributed by atoms with Gasteiger partial charge in [0.25, 0.3) is 0 Å². The highest BCUT2D eigenvalue weighted by molar-refractivity contribution is 5.16. The molecule has 0 radical (unpaired) electrons. The molecule has 0 aliphatic heterocycles. The normalized spacial score (nSPS) is 10.6. The van der Waals surface area contributed by atoms with E-state index >= 15 is 0 Å². The van der Waals surface area contributed by atoms with Gasteiger partial charge in [-0.1, -0.05) is 0 Å². The number of aromatic amines is 1. The van der Waals surface area contributed by atoms with Crippen molar-refractivity contribution in [2.24, 2.45) is 0 Å². The molecule has 0 fully saturated rings. The van der Waals surface area contributed by atoms with Crippen molar-refractivity contribution in [3.8, 4) is 0 Å². The largest absolute Gasteiger partial charge is 0.345 e. The lowest BCUT2D eigenvalue weighted by Gasteiger charge is -2.06. The first kappa shape index (κ1) is 8.10. The van der Waals surface area contributed by atoms with Crippen LogP contribution in [0.2, 0.25) is 0 Å². The number of aromatic nitrogens is 3. The molecule has 0 aliphatic carbocycles. The van der Waals surface area contributed by atoms with E-state index in [4.69, 9.17) is 0 Å². The molecule has 3 nitrogen and oxygen atoms in total. The van der Waals surface area contributed by atoms with Crippen LogP contribution in [-0.4, -0.2) is 14.8 Å². The van der Waals surface area contributed by atoms with Crippen molar-refractivity contribution in [3.05, 3.63) is 41.5 Å². The van der Waals surface area contributed by atoms with Crippen molar-refractivity contribution in [1.82, 2.24) is 14.8 Å². The minimum atomic E-state index is 0.904. The van der Waals surface area contributed by atoms with E-state index in [0.29, 0.717) is 0 Å². The van der Waals surface area contributed by atoms with Crippen molar-refractivity contribution < 1.29 is 0 Å². The second-order valence-corrected chi connectivity index (χ2v) is 3.31. The average Bonchev–Trinajstić information content (AvgIpc) is 2.70. The van der Waals surface area contributed by atoms with E-state index in [1.54, 1.807) is 0 Å². The standard InChI is InChI=1S/C10H13N3/c1-8-3-4-9(2)13(8)7-10-5-11-12-6-10/h3-6H,7H2,1-2H3,(H,11,12). The first-order chi connectivity index (χ1) is 6.27. The molecule has 68 valence electrons. The van der Waals surface area contributed by atoms with Gasteiger partial charge in [0, 0.05) is 23.1 Å². The molecule has 0 aromatic carbocycles. The Bertz CT molecular complexity index is 365. The summed E-state index contributed by atoms with van der Waals surface area (Å²) in [5, 5.41) is 6.74. The topological polar surface area (TPSA) is 33.6 Å². The highest BCUT2D eigenvalue weighted by Crippen LogP contribution is 2.09. The molecule has 0 amide bonds. The first-order valence-electron chi connectivity index (χ1n) is 4.38. The monoisotopic (exact) mass is 175 g/mol. The zero-order valence-corrected chi connectivity index (χ0v) is 7.91. The van der Waals surface area contributed by atoms with E-state index in [2.05, 4.69) is 40.7 Å². The predicted octanol–water partition coefficient (Wildman–Crippen LogP) is 1.88. The Balaban J connectivity index is 2.27. The molecule has 13 heavy (non-hydrogen) atoms. The van der Waals surface area contributed by atoms with Crippen molar-refractivity contribution >= 4 is 0 Å². The molecule has 2 aromatic rings. The van der Waals surface area contributed by atoms with Crippen LogP contribution in [0.1, 0.15) is 17.0 Å². The molecule has 0 spiro atoms. The number of hydrogen-bond donors (Lipinski definition) is 1. The molecule has 2 heterocycles. The summed E-state index contributed by atoms with van der Waals surface area (Å²) in [6, 6.07) is 4.27. The summed E-state index contributed by atoms with van der Waals surface area (Å²) in [4.78, 5) is 0. The lowest BCUT2D eigenvalue weighted by atomic mass is 10.3. The Kier molecular flexibility index (Phi) is 1.93. The molecule has 0 saturated heterocycles. The van der Waals surface area contributed by atoms with E-state index in [9.17, 15) is 0 Å². The zero-order chi connectivity index (χ0) is 9.26. The van der Waals surface area contributed by atoms with Crippen LogP contribution in [-0.2, 0) is 6.54 Å². The maximum Gasteiger partial charge on any atom is 0.0537 e. The van der Waals surface area contributed by atoms with Gasteiger partial charge < -0.3 is 4.57 Å². The minimum absolute atomic E-state index is 0.904. The molecule has 2 rings (SSSR count). The van der Waals surface area contributed by atoms with Gasteiger partial charge >= 0.3 is 0 Å². The Morgan fingerprint density at radius 1 is 1.31 bits per heavy atom. The van der Waals surface area contributed by atoms with Crippen LogP contribution in [0.5, 0.6) is 0 Å². The summed E-state index contributed by atoms with van der Waals surface area (Å²) in [5.41, 5.74) is 3.79. The molecule has 1 N–H and O–H groups in total. The van der Waals surface area contributed by atoms with E-state index in [1.807, 2.05) is 12.4 Å². The van der Waals surface area contributed by atoms with Gasteiger partial charge in [-0.05, 0) is 26.0 Å². The van der Waals surface area contributed by atoms with Crippen LogP contribution in [0.4, 0.5) is 0 Å². The molecule has 0 aliphatic rings. The Hall–Kier alpha value is -1.51. The van der Waals surface area contributed by atoms with E-state index < -0.39 is 0 Å². The smallest absolute Gasteiger partial charge is 0.0537 e. The highest BCUT2D eigenvalue weighted by atomic mass is 15.1. The molecule has 0 saturated carbocycles. The maximum absolute atomic E-state index is 3.92. The van der Waals surface area contributed by atoms with Crippen LogP contribution in [0.25, 0.3) is 0 Å². The molecule has 0 bridgehead atoms. The minimum Gasteiger partial charge on any atom is -0.345 e. The fraction of sp³-hybridized carbons (Fsp3) is 0.300. The van der Waals surface area contributed by atoms with Crippen LogP contribution < -0.4 is 0 Å². The van der Waals surface area contributed by atoms with Gasteiger partial charge in [0.2, 0.25) is 0 Å². The Morgan fingerprint density at radius 3 is 2.54 bits per heavy atom. The van der Waals surface area contributed by atoms with E-state index in [-0.39, 0.29) is 0 Å². The number of aryl methyl sites for hydroxylation is 2. The third-order valence-electron chi connectivity index (χ3n) is 2.31. The molecule has 2 aromatic heterocycles.